The van der Waals surface area contributed by atoms with Crippen molar-refractivity contribution in [2.75, 3.05) is 20.3 Å². The molecular weight excluding hydrogens is 404 g/mol. The van der Waals surface area contributed by atoms with Crippen molar-refractivity contribution in [3.05, 3.63) is 77.9 Å². The molecule has 1 saturated heterocycles. The third kappa shape index (κ3) is 4.60. The Morgan fingerprint density at radius 3 is 2.53 bits per heavy atom. The van der Waals surface area contributed by atoms with Crippen LogP contribution in [0.5, 0.6) is 5.75 Å². The van der Waals surface area contributed by atoms with Crippen molar-refractivity contribution >= 4 is 22.6 Å². The van der Waals surface area contributed by atoms with Gasteiger partial charge in [0.25, 0.3) is 5.91 Å². The maximum Gasteiger partial charge on any atom is 0.323 e. The Morgan fingerprint density at radius 1 is 1.03 bits per heavy atom. The number of carbonyl (C=O) groups excluding carboxylic acids is 2. The second-order valence-corrected chi connectivity index (χ2v) is 7.96. The standard InChI is InChI=1S/C26H28N2O4/c1-3-32-24-21-12-8-7-11-19(21)13-14-22(24)25(29)27-20-15-23(26(30)31-2)28(17-20)16-18-9-5-4-6-10-18/h4-14,20,23H,3,15-17H2,1-2H3,(H,27,29)/t20-,23-/m0/s1. The number of likely N-dealkylation sites (tertiary alicyclic amines) is 1. The van der Waals surface area contributed by atoms with Crippen LogP contribution >= 0.6 is 0 Å². The fourth-order valence-electron chi connectivity index (χ4n) is 4.37. The fraction of sp³-hybridized carbons (Fsp3) is 0.308. The minimum absolute atomic E-state index is 0.170. The Hall–Kier alpha value is -3.38. The number of hydrogen-bond donors (Lipinski definition) is 1. The van der Waals surface area contributed by atoms with E-state index in [0.29, 0.717) is 37.4 Å². The summed E-state index contributed by atoms with van der Waals surface area (Å²) >= 11 is 0. The first-order valence-corrected chi connectivity index (χ1v) is 10.9. The molecule has 0 radical (unpaired) electrons. The van der Waals surface area contributed by atoms with E-state index in [9.17, 15) is 9.59 Å². The number of esters is 1. The number of methoxy groups -OCH3 is 1. The van der Waals surface area contributed by atoms with Crippen molar-refractivity contribution in [2.24, 2.45) is 0 Å². The van der Waals surface area contributed by atoms with E-state index in [4.69, 9.17) is 9.47 Å². The summed E-state index contributed by atoms with van der Waals surface area (Å²) in [5.41, 5.74) is 1.61. The molecule has 3 aromatic carbocycles. The lowest BCUT2D eigenvalue weighted by Crippen LogP contribution is -2.37. The second kappa shape index (κ2) is 9.83. The van der Waals surface area contributed by atoms with Gasteiger partial charge < -0.3 is 14.8 Å². The number of nitrogens with one attached hydrogen (secondary N) is 1. The highest BCUT2D eigenvalue weighted by Gasteiger charge is 2.38. The largest absolute Gasteiger partial charge is 0.492 e. The van der Waals surface area contributed by atoms with Crippen LogP contribution in [-0.2, 0) is 16.1 Å². The first-order chi connectivity index (χ1) is 15.6. The molecule has 0 aliphatic carbocycles. The molecule has 0 spiro atoms. The lowest BCUT2D eigenvalue weighted by Gasteiger charge is -2.22. The van der Waals surface area contributed by atoms with Crippen LogP contribution in [0.4, 0.5) is 0 Å². The van der Waals surface area contributed by atoms with Crippen molar-refractivity contribution < 1.29 is 19.1 Å². The van der Waals surface area contributed by atoms with E-state index in [-0.39, 0.29) is 17.9 Å². The molecule has 1 N–H and O–H groups in total. The zero-order chi connectivity index (χ0) is 22.5. The smallest absolute Gasteiger partial charge is 0.323 e. The average Bonchev–Trinajstić information content (AvgIpc) is 3.21. The summed E-state index contributed by atoms with van der Waals surface area (Å²) in [6, 6.07) is 21.0. The van der Waals surface area contributed by atoms with Gasteiger partial charge in [0.05, 0.1) is 19.3 Å². The molecule has 1 aliphatic heterocycles. The van der Waals surface area contributed by atoms with E-state index < -0.39 is 6.04 Å². The third-order valence-corrected chi connectivity index (χ3v) is 5.85. The summed E-state index contributed by atoms with van der Waals surface area (Å²) in [5.74, 6) is 0.111. The van der Waals surface area contributed by atoms with Gasteiger partial charge in [-0.3, -0.25) is 14.5 Å². The summed E-state index contributed by atoms with van der Waals surface area (Å²) in [5, 5.41) is 5.05. The lowest BCUT2D eigenvalue weighted by molar-refractivity contribution is -0.146. The maximum atomic E-state index is 13.2. The number of hydrogen-bond acceptors (Lipinski definition) is 5. The Kier molecular flexibility index (Phi) is 6.71. The van der Waals surface area contributed by atoms with Gasteiger partial charge in [0.2, 0.25) is 0 Å². The monoisotopic (exact) mass is 432 g/mol. The molecule has 6 nitrogen and oxygen atoms in total. The minimum Gasteiger partial charge on any atom is -0.492 e. The Morgan fingerprint density at radius 2 is 1.78 bits per heavy atom. The molecule has 2 atom stereocenters. The van der Waals surface area contributed by atoms with E-state index in [0.717, 1.165) is 16.3 Å². The Labute approximate surface area is 188 Å². The van der Waals surface area contributed by atoms with Crippen molar-refractivity contribution in [1.82, 2.24) is 10.2 Å². The maximum absolute atomic E-state index is 13.2. The quantitative estimate of drug-likeness (QED) is 0.576. The molecule has 0 saturated carbocycles. The molecule has 166 valence electrons. The van der Waals surface area contributed by atoms with Gasteiger partial charge in [-0.15, -0.1) is 0 Å². The zero-order valence-corrected chi connectivity index (χ0v) is 18.4. The van der Waals surface area contributed by atoms with E-state index in [1.807, 2.05) is 67.6 Å². The van der Waals surface area contributed by atoms with E-state index in [1.165, 1.54) is 7.11 Å². The number of carbonyl (C=O) groups is 2. The van der Waals surface area contributed by atoms with Gasteiger partial charge in [0.1, 0.15) is 11.8 Å². The summed E-state index contributed by atoms with van der Waals surface area (Å²) in [6.45, 7) is 3.56. The van der Waals surface area contributed by atoms with Gasteiger partial charge in [0, 0.05) is 24.5 Å². The molecule has 0 bridgehead atoms. The summed E-state index contributed by atoms with van der Waals surface area (Å²) in [6.07, 6.45) is 0.503. The van der Waals surface area contributed by atoms with Crippen LogP contribution in [0.2, 0.25) is 0 Å². The molecule has 1 amide bonds. The predicted molar refractivity (Wildman–Crippen MR) is 124 cm³/mol. The number of fused-ring (bicyclic) bond motifs is 1. The Bertz CT molecular complexity index is 1100. The highest BCUT2D eigenvalue weighted by atomic mass is 16.5. The van der Waals surface area contributed by atoms with E-state index in [2.05, 4.69) is 10.2 Å². The van der Waals surface area contributed by atoms with Gasteiger partial charge >= 0.3 is 5.97 Å². The molecule has 1 fully saturated rings. The van der Waals surface area contributed by atoms with Crippen molar-refractivity contribution in [2.45, 2.75) is 32.0 Å². The number of rotatable bonds is 7. The van der Waals surface area contributed by atoms with Gasteiger partial charge in [-0.25, -0.2) is 0 Å². The third-order valence-electron chi connectivity index (χ3n) is 5.85. The van der Waals surface area contributed by atoms with Crippen molar-refractivity contribution in [1.29, 1.82) is 0 Å². The SMILES string of the molecule is CCOc1c(C(=O)N[C@H]2C[C@@H](C(=O)OC)N(Cc3ccccc3)C2)ccc2ccccc12. The minimum atomic E-state index is -0.395. The molecular formula is C26H28N2O4. The van der Waals surface area contributed by atoms with Gasteiger partial charge in [-0.2, -0.15) is 0 Å². The van der Waals surface area contributed by atoms with Crippen LogP contribution in [0.15, 0.2) is 66.7 Å². The summed E-state index contributed by atoms with van der Waals surface area (Å²) in [7, 11) is 1.40. The number of ether oxygens (including phenoxy) is 2. The van der Waals surface area contributed by atoms with E-state index in [1.54, 1.807) is 6.07 Å². The second-order valence-electron chi connectivity index (χ2n) is 7.96. The molecule has 3 aromatic rings. The van der Waals surface area contributed by atoms with Crippen LogP contribution in [-0.4, -0.2) is 49.1 Å². The number of amides is 1. The van der Waals surface area contributed by atoms with Crippen LogP contribution in [0.1, 0.15) is 29.3 Å². The molecule has 6 heteroatoms. The molecule has 0 unspecified atom stereocenters. The van der Waals surface area contributed by atoms with Crippen LogP contribution in [0, 0.1) is 0 Å². The van der Waals surface area contributed by atoms with Crippen LogP contribution in [0.3, 0.4) is 0 Å². The summed E-state index contributed by atoms with van der Waals surface area (Å²) in [4.78, 5) is 27.7. The first kappa shape index (κ1) is 21.8. The van der Waals surface area contributed by atoms with Crippen molar-refractivity contribution in [3.8, 4) is 5.75 Å². The van der Waals surface area contributed by atoms with Gasteiger partial charge in [-0.05, 0) is 30.4 Å². The molecule has 32 heavy (non-hydrogen) atoms. The normalized spacial score (nSPS) is 18.4. The topological polar surface area (TPSA) is 67.9 Å². The number of benzene rings is 3. The number of nitrogens with zero attached hydrogens (tertiary/aromatic N) is 1. The fourth-order valence-corrected chi connectivity index (χ4v) is 4.37. The molecule has 0 aromatic heterocycles. The highest BCUT2D eigenvalue weighted by molar-refractivity contribution is 6.04. The molecule has 1 heterocycles. The van der Waals surface area contributed by atoms with Gasteiger partial charge in [-0.1, -0.05) is 60.7 Å². The Balaban J connectivity index is 1.54. The van der Waals surface area contributed by atoms with Crippen LogP contribution < -0.4 is 10.1 Å². The highest BCUT2D eigenvalue weighted by Crippen LogP contribution is 2.30. The predicted octanol–water partition coefficient (Wildman–Crippen LogP) is 3.78. The van der Waals surface area contributed by atoms with Gasteiger partial charge in [0.15, 0.2) is 0 Å². The first-order valence-electron chi connectivity index (χ1n) is 10.9. The molecule has 1 aliphatic rings. The lowest BCUT2D eigenvalue weighted by atomic mass is 10.0. The molecule has 4 rings (SSSR count). The van der Waals surface area contributed by atoms with Crippen LogP contribution in [0.25, 0.3) is 10.8 Å². The van der Waals surface area contributed by atoms with E-state index >= 15 is 0 Å². The average molecular weight is 433 g/mol. The van der Waals surface area contributed by atoms with Crippen molar-refractivity contribution in [3.63, 3.8) is 0 Å². The zero-order valence-electron chi connectivity index (χ0n) is 18.4. The summed E-state index contributed by atoms with van der Waals surface area (Å²) < 4.78 is 10.9.